The third kappa shape index (κ3) is 36.0. The molecule has 2 aromatic heterocycles. The Morgan fingerprint density at radius 3 is 1.00 bits per heavy atom. The standard InChI is InChI=1S/2C4H10.2C3H3N3/c2*1-4(2)3;1-4-2-6-3-5-1;1-2-5-6-3-4-1/h2*4H,1-3H3;2*1-3H. The maximum atomic E-state index is 3.61. The van der Waals surface area contributed by atoms with Gasteiger partial charge in [0.2, 0.25) is 0 Å². The fourth-order valence-corrected chi connectivity index (χ4v) is 0.410. The van der Waals surface area contributed by atoms with Crippen LogP contribution in [0.2, 0.25) is 0 Å². The third-order valence-corrected chi connectivity index (χ3v) is 0.804. The Kier molecular flexibility index (Phi) is 17.3. The van der Waals surface area contributed by atoms with Crippen molar-refractivity contribution < 1.29 is 0 Å². The second-order valence-corrected chi connectivity index (χ2v) is 5.05. The summed E-state index contributed by atoms with van der Waals surface area (Å²) in [6, 6.07) is 0. The molecule has 0 aromatic carbocycles. The Bertz CT molecular complexity index is 256. The van der Waals surface area contributed by atoms with E-state index in [4.69, 9.17) is 0 Å². The van der Waals surface area contributed by atoms with Crippen LogP contribution in [0.5, 0.6) is 0 Å². The number of rotatable bonds is 0. The fourth-order valence-electron chi connectivity index (χ4n) is 0.410. The van der Waals surface area contributed by atoms with E-state index >= 15 is 0 Å². The second-order valence-electron chi connectivity index (χ2n) is 5.05. The molecule has 20 heavy (non-hydrogen) atoms. The van der Waals surface area contributed by atoms with E-state index in [-0.39, 0.29) is 0 Å². The van der Waals surface area contributed by atoms with Crippen molar-refractivity contribution in [2.75, 3.05) is 0 Å². The van der Waals surface area contributed by atoms with Gasteiger partial charge in [-0.3, -0.25) is 0 Å². The first-order chi connectivity index (χ1) is 9.46. The fraction of sp³-hybridized carbons (Fsp3) is 0.571. The molecule has 0 unspecified atom stereocenters. The summed E-state index contributed by atoms with van der Waals surface area (Å²) < 4.78 is 0. The largest absolute Gasteiger partial charge is 0.241 e. The Labute approximate surface area is 122 Å². The van der Waals surface area contributed by atoms with Crippen molar-refractivity contribution in [3.8, 4) is 0 Å². The number of hydrogen-bond donors (Lipinski definition) is 0. The van der Waals surface area contributed by atoms with Gasteiger partial charge in [-0.2, -0.15) is 5.10 Å². The van der Waals surface area contributed by atoms with Crippen molar-refractivity contribution in [2.45, 2.75) is 41.5 Å². The smallest absolute Gasteiger partial charge is 0.138 e. The first-order valence-corrected chi connectivity index (χ1v) is 6.58. The highest BCUT2D eigenvalue weighted by molar-refractivity contribution is 4.59. The van der Waals surface area contributed by atoms with Gasteiger partial charge in [0.1, 0.15) is 25.3 Å². The maximum Gasteiger partial charge on any atom is 0.138 e. The molecule has 0 aliphatic heterocycles. The topological polar surface area (TPSA) is 77.3 Å². The molecule has 2 rings (SSSR count). The summed E-state index contributed by atoms with van der Waals surface area (Å²) in [5.74, 6) is 1.67. The molecule has 6 heteroatoms. The average molecular weight is 278 g/mol. The summed E-state index contributed by atoms with van der Waals surface area (Å²) in [6.45, 7) is 13.0. The van der Waals surface area contributed by atoms with Gasteiger partial charge < -0.3 is 0 Å². The van der Waals surface area contributed by atoms with Crippen LogP contribution in [0.1, 0.15) is 41.5 Å². The van der Waals surface area contributed by atoms with Crippen LogP contribution >= 0.6 is 0 Å². The monoisotopic (exact) mass is 278 g/mol. The predicted octanol–water partition coefficient (Wildman–Crippen LogP) is 3.07. The summed E-state index contributed by atoms with van der Waals surface area (Å²) in [6.07, 6.45) is 8.81. The normalized spacial score (nSPS) is 8.40. The van der Waals surface area contributed by atoms with Crippen LogP contribution in [-0.2, 0) is 0 Å². The number of nitrogens with zero attached hydrogens (tertiary/aromatic N) is 6. The SMILES string of the molecule is CC(C)C.CC(C)C.c1cnncn1.c1ncncn1. The lowest BCUT2D eigenvalue weighted by atomic mass is 10.3. The van der Waals surface area contributed by atoms with E-state index in [1.165, 1.54) is 31.5 Å². The molecule has 0 saturated carbocycles. The molecule has 0 aliphatic carbocycles. The van der Waals surface area contributed by atoms with Gasteiger partial charge in [0.15, 0.2) is 0 Å². The molecule has 0 bridgehead atoms. The highest BCUT2D eigenvalue weighted by atomic mass is 15.1. The summed E-state index contributed by atoms with van der Waals surface area (Å²) in [4.78, 5) is 14.3. The van der Waals surface area contributed by atoms with Crippen molar-refractivity contribution in [2.24, 2.45) is 11.8 Å². The minimum atomic E-state index is 0.833. The molecule has 0 atom stereocenters. The van der Waals surface area contributed by atoms with Crippen molar-refractivity contribution in [3.63, 3.8) is 0 Å². The van der Waals surface area contributed by atoms with Gasteiger partial charge in [-0.15, -0.1) is 5.10 Å². The molecule has 0 fully saturated rings. The van der Waals surface area contributed by atoms with Crippen molar-refractivity contribution >= 4 is 0 Å². The average Bonchev–Trinajstić information content (AvgIpc) is 2.42. The zero-order chi connectivity index (χ0) is 15.6. The first kappa shape index (κ1) is 20.3. The predicted molar refractivity (Wildman–Crippen MR) is 80.7 cm³/mol. The van der Waals surface area contributed by atoms with Crippen LogP contribution in [0.4, 0.5) is 0 Å². The highest BCUT2D eigenvalue weighted by Gasteiger charge is 1.68. The second kappa shape index (κ2) is 17.0. The van der Waals surface area contributed by atoms with Gasteiger partial charge in [-0.05, 0) is 11.8 Å². The van der Waals surface area contributed by atoms with E-state index in [1.807, 2.05) is 0 Å². The molecule has 0 spiro atoms. The molecule has 0 amide bonds. The number of hydrogen-bond acceptors (Lipinski definition) is 6. The zero-order valence-corrected chi connectivity index (χ0v) is 13.3. The van der Waals surface area contributed by atoms with E-state index in [9.17, 15) is 0 Å². The molecular weight excluding hydrogens is 252 g/mol. The Morgan fingerprint density at radius 2 is 0.900 bits per heavy atom. The van der Waals surface area contributed by atoms with Crippen molar-refractivity contribution in [1.82, 2.24) is 30.1 Å². The lowest BCUT2D eigenvalue weighted by Gasteiger charge is -1.79. The molecule has 0 saturated heterocycles. The highest BCUT2D eigenvalue weighted by Crippen LogP contribution is 1.81. The summed E-state index contributed by atoms with van der Waals surface area (Å²) in [5, 5.41) is 6.90. The molecule has 0 N–H and O–H groups in total. The molecule has 6 nitrogen and oxygen atoms in total. The Balaban J connectivity index is 0. The molecule has 2 heterocycles. The maximum absolute atomic E-state index is 3.61. The first-order valence-electron chi connectivity index (χ1n) is 6.58. The Morgan fingerprint density at radius 1 is 0.500 bits per heavy atom. The van der Waals surface area contributed by atoms with Crippen LogP contribution in [0.15, 0.2) is 37.7 Å². The molecule has 112 valence electrons. The van der Waals surface area contributed by atoms with Crippen LogP contribution in [0.3, 0.4) is 0 Å². The van der Waals surface area contributed by atoms with Gasteiger partial charge >= 0.3 is 0 Å². The lowest BCUT2D eigenvalue weighted by Crippen LogP contribution is -1.75. The van der Waals surface area contributed by atoms with Crippen molar-refractivity contribution in [3.05, 3.63) is 37.7 Å². The Hall–Kier alpha value is -1.98. The van der Waals surface area contributed by atoms with Gasteiger partial charge in [-0.25, -0.2) is 19.9 Å². The minimum absolute atomic E-state index is 0.833. The van der Waals surface area contributed by atoms with E-state index in [2.05, 4.69) is 71.7 Å². The molecule has 0 aliphatic rings. The van der Waals surface area contributed by atoms with Crippen LogP contribution in [0, 0.1) is 11.8 Å². The van der Waals surface area contributed by atoms with Crippen molar-refractivity contribution in [1.29, 1.82) is 0 Å². The van der Waals surface area contributed by atoms with Gasteiger partial charge in [0, 0.05) is 6.20 Å². The molecule has 0 radical (unpaired) electrons. The third-order valence-electron chi connectivity index (χ3n) is 0.804. The van der Waals surface area contributed by atoms with E-state index in [0.29, 0.717) is 0 Å². The van der Waals surface area contributed by atoms with Crippen LogP contribution < -0.4 is 0 Å². The van der Waals surface area contributed by atoms with Gasteiger partial charge in [-0.1, -0.05) is 41.5 Å². The quantitative estimate of drug-likeness (QED) is 0.737. The van der Waals surface area contributed by atoms with E-state index < -0.39 is 0 Å². The summed E-state index contributed by atoms with van der Waals surface area (Å²) in [7, 11) is 0. The van der Waals surface area contributed by atoms with Crippen LogP contribution in [-0.4, -0.2) is 30.1 Å². The van der Waals surface area contributed by atoms with E-state index in [1.54, 1.807) is 6.20 Å². The number of aromatic nitrogens is 6. The summed E-state index contributed by atoms with van der Waals surface area (Å²) >= 11 is 0. The van der Waals surface area contributed by atoms with Gasteiger partial charge in [0.05, 0.1) is 6.20 Å². The molecule has 2 aromatic rings. The van der Waals surface area contributed by atoms with Gasteiger partial charge in [0.25, 0.3) is 0 Å². The van der Waals surface area contributed by atoms with Crippen LogP contribution in [0.25, 0.3) is 0 Å². The van der Waals surface area contributed by atoms with E-state index in [0.717, 1.165) is 11.8 Å². The lowest BCUT2D eigenvalue weighted by molar-refractivity contribution is 0.736. The molecular formula is C14H26N6. The zero-order valence-electron chi connectivity index (χ0n) is 13.3. The minimum Gasteiger partial charge on any atom is -0.241 e. The summed E-state index contributed by atoms with van der Waals surface area (Å²) in [5.41, 5.74) is 0.